The van der Waals surface area contributed by atoms with Crippen molar-refractivity contribution in [2.75, 3.05) is 5.43 Å². The van der Waals surface area contributed by atoms with E-state index in [-0.39, 0.29) is 0 Å². The number of pyridine rings is 1. The van der Waals surface area contributed by atoms with Crippen molar-refractivity contribution in [3.8, 4) is 0 Å². The first kappa shape index (κ1) is 20.5. The predicted octanol–water partition coefficient (Wildman–Crippen LogP) is 4.22. The summed E-state index contributed by atoms with van der Waals surface area (Å²) in [7, 11) is 0. The lowest BCUT2D eigenvalue weighted by atomic mass is 9.94. The number of aromatic nitrogens is 1. The molecule has 0 aliphatic carbocycles. The molecule has 1 aliphatic heterocycles. The Morgan fingerprint density at radius 1 is 1.19 bits per heavy atom. The van der Waals surface area contributed by atoms with Crippen LogP contribution in [0.2, 0.25) is 0 Å². The molecule has 0 fully saturated rings. The van der Waals surface area contributed by atoms with E-state index < -0.39 is 5.91 Å². The second-order valence-corrected chi connectivity index (χ2v) is 7.74. The number of rotatable bonds is 5. The number of hydrazine groups is 1. The van der Waals surface area contributed by atoms with Crippen LogP contribution in [0, 0.1) is 5.92 Å². The van der Waals surface area contributed by atoms with Gasteiger partial charge < -0.3 is 11.2 Å². The van der Waals surface area contributed by atoms with Crippen LogP contribution >= 0.6 is 0 Å². The van der Waals surface area contributed by atoms with Gasteiger partial charge in [0, 0.05) is 29.6 Å². The summed E-state index contributed by atoms with van der Waals surface area (Å²) >= 11 is 0. The highest BCUT2D eigenvalue weighted by Crippen LogP contribution is 2.31. The lowest BCUT2D eigenvalue weighted by molar-refractivity contribution is 0.100. The minimum atomic E-state index is -0.521. The number of anilines is 1. The highest BCUT2D eigenvalue weighted by atomic mass is 16.1. The van der Waals surface area contributed by atoms with Crippen LogP contribution in [-0.2, 0) is 6.42 Å². The van der Waals surface area contributed by atoms with Crippen LogP contribution in [0.15, 0.2) is 72.0 Å². The third kappa shape index (κ3) is 4.39. The van der Waals surface area contributed by atoms with E-state index in [1.807, 2.05) is 55.0 Å². The van der Waals surface area contributed by atoms with Gasteiger partial charge in [-0.25, -0.2) is 0 Å². The van der Waals surface area contributed by atoms with Gasteiger partial charge in [0.05, 0.1) is 16.9 Å². The summed E-state index contributed by atoms with van der Waals surface area (Å²) in [5.74, 6) is 5.59. The fourth-order valence-electron chi connectivity index (χ4n) is 3.90. The summed E-state index contributed by atoms with van der Waals surface area (Å²) in [6, 6.07) is 13.7. The van der Waals surface area contributed by atoms with Gasteiger partial charge in [-0.2, -0.15) is 0 Å². The Bertz CT molecular complexity index is 1210. The van der Waals surface area contributed by atoms with Gasteiger partial charge in [0.2, 0.25) is 0 Å². The summed E-state index contributed by atoms with van der Waals surface area (Å²) in [5, 5.41) is 1.87. The Hall–Kier alpha value is -3.77. The molecular formula is C25H25N5O. The van der Waals surface area contributed by atoms with E-state index in [0.29, 0.717) is 23.6 Å². The maximum atomic E-state index is 12.0. The number of benzene rings is 2. The van der Waals surface area contributed by atoms with E-state index in [4.69, 9.17) is 11.6 Å². The van der Waals surface area contributed by atoms with Crippen LogP contribution in [0.1, 0.15) is 40.5 Å². The van der Waals surface area contributed by atoms with E-state index in [9.17, 15) is 4.79 Å². The molecule has 0 saturated carbocycles. The summed E-state index contributed by atoms with van der Waals surface area (Å²) in [5.41, 5.74) is 13.1. The van der Waals surface area contributed by atoms with Crippen LogP contribution in [0.25, 0.3) is 16.3 Å². The number of carbonyl (C=O) groups is 1. The average molecular weight is 412 g/mol. The van der Waals surface area contributed by atoms with Gasteiger partial charge in [0.25, 0.3) is 5.91 Å². The molecule has 3 aromatic rings. The Morgan fingerprint density at radius 2 is 2.00 bits per heavy atom. The highest BCUT2D eigenvalue weighted by Gasteiger charge is 2.15. The number of aliphatic imine (C=N–C) groups is 1. The maximum absolute atomic E-state index is 12.0. The van der Waals surface area contributed by atoms with E-state index in [1.165, 1.54) is 0 Å². The SMILES string of the molecule is CC1C=C(c2ccc(Cc3cc(C(N)=O)c(NN)c4ccccc34)cn2)C=NC=CC1. The molecule has 0 saturated heterocycles. The van der Waals surface area contributed by atoms with Gasteiger partial charge in [-0.05, 0) is 47.4 Å². The molecule has 0 bridgehead atoms. The second-order valence-electron chi connectivity index (χ2n) is 7.74. The van der Waals surface area contributed by atoms with Crippen molar-refractivity contribution in [3.63, 3.8) is 0 Å². The van der Waals surface area contributed by atoms with Crippen LogP contribution in [0.5, 0.6) is 0 Å². The Balaban J connectivity index is 1.69. The van der Waals surface area contributed by atoms with Crippen LogP contribution < -0.4 is 17.0 Å². The van der Waals surface area contributed by atoms with E-state index in [0.717, 1.165) is 39.6 Å². The number of hydrogen-bond acceptors (Lipinski definition) is 5. The third-order valence-corrected chi connectivity index (χ3v) is 5.43. The summed E-state index contributed by atoms with van der Waals surface area (Å²) in [6.07, 6.45) is 11.4. The van der Waals surface area contributed by atoms with Crippen LogP contribution in [-0.4, -0.2) is 17.1 Å². The van der Waals surface area contributed by atoms with Crippen molar-refractivity contribution < 1.29 is 4.79 Å². The lowest BCUT2D eigenvalue weighted by Gasteiger charge is -2.15. The number of amides is 1. The quantitative estimate of drug-likeness (QED) is 0.432. The monoisotopic (exact) mass is 411 g/mol. The number of allylic oxidation sites excluding steroid dienone is 3. The number of nitrogen functional groups attached to an aromatic ring is 1. The smallest absolute Gasteiger partial charge is 0.250 e. The first-order chi connectivity index (χ1) is 15.1. The minimum absolute atomic E-state index is 0.374. The Labute approximate surface area is 181 Å². The predicted molar refractivity (Wildman–Crippen MR) is 127 cm³/mol. The fourth-order valence-corrected chi connectivity index (χ4v) is 3.90. The lowest BCUT2D eigenvalue weighted by Crippen LogP contribution is -2.18. The van der Waals surface area contributed by atoms with Crippen LogP contribution in [0.4, 0.5) is 5.69 Å². The molecule has 2 aromatic carbocycles. The minimum Gasteiger partial charge on any atom is -0.366 e. The van der Waals surface area contributed by atoms with Crippen molar-refractivity contribution in [3.05, 3.63) is 89.4 Å². The Morgan fingerprint density at radius 3 is 2.71 bits per heavy atom. The zero-order valence-electron chi connectivity index (χ0n) is 17.4. The Kier molecular flexibility index (Phi) is 5.91. The molecule has 1 aliphatic rings. The van der Waals surface area contributed by atoms with Gasteiger partial charge >= 0.3 is 0 Å². The molecule has 6 heteroatoms. The first-order valence-electron chi connectivity index (χ1n) is 10.2. The maximum Gasteiger partial charge on any atom is 0.250 e. The number of primary amides is 1. The van der Waals surface area contributed by atoms with Gasteiger partial charge in [0.1, 0.15) is 0 Å². The standard InChI is InChI=1S/C25H25N5O/c1-16-5-4-10-28-15-19(11-16)23-9-8-17(14-29-23)12-18-13-22(25(26)31)24(30-27)21-7-3-2-6-20(18)21/h2-4,6-11,13-16,30H,5,12,27H2,1H3,(H2,26,31). The van der Waals surface area contributed by atoms with E-state index in [1.54, 1.807) is 0 Å². The molecule has 156 valence electrons. The molecule has 1 aromatic heterocycles. The number of nitrogens with zero attached hydrogens (tertiary/aromatic N) is 2. The molecule has 2 heterocycles. The topological polar surface area (TPSA) is 106 Å². The molecular weight excluding hydrogens is 386 g/mol. The average Bonchev–Trinajstić information content (AvgIpc) is 2.76. The molecule has 6 nitrogen and oxygen atoms in total. The van der Waals surface area contributed by atoms with E-state index in [2.05, 4.69) is 40.5 Å². The van der Waals surface area contributed by atoms with Crippen molar-refractivity contribution in [1.29, 1.82) is 0 Å². The molecule has 1 unspecified atom stereocenters. The van der Waals surface area contributed by atoms with Crippen molar-refractivity contribution in [2.24, 2.45) is 22.5 Å². The highest BCUT2D eigenvalue weighted by molar-refractivity contribution is 6.10. The normalized spacial score (nSPS) is 15.9. The summed E-state index contributed by atoms with van der Waals surface area (Å²) in [6.45, 7) is 2.18. The zero-order valence-corrected chi connectivity index (χ0v) is 17.4. The second kappa shape index (κ2) is 8.93. The number of hydrogen-bond donors (Lipinski definition) is 3. The third-order valence-electron chi connectivity index (χ3n) is 5.43. The van der Waals surface area contributed by atoms with Gasteiger partial charge in [0.15, 0.2) is 0 Å². The summed E-state index contributed by atoms with van der Waals surface area (Å²) in [4.78, 5) is 21.0. The van der Waals surface area contributed by atoms with Crippen molar-refractivity contribution in [2.45, 2.75) is 19.8 Å². The fraction of sp³-hybridized carbons (Fsp3) is 0.160. The number of nitrogens with one attached hydrogen (secondary N) is 1. The molecule has 0 spiro atoms. The number of carbonyl (C=O) groups excluding carboxylic acids is 1. The largest absolute Gasteiger partial charge is 0.366 e. The van der Waals surface area contributed by atoms with Crippen LogP contribution in [0.3, 0.4) is 0 Å². The summed E-state index contributed by atoms with van der Waals surface area (Å²) < 4.78 is 0. The first-order valence-corrected chi connectivity index (χ1v) is 10.2. The van der Waals surface area contributed by atoms with Gasteiger partial charge in [-0.1, -0.05) is 49.4 Å². The van der Waals surface area contributed by atoms with Crippen molar-refractivity contribution >= 4 is 34.2 Å². The molecule has 1 atom stereocenters. The van der Waals surface area contributed by atoms with Gasteiger partial charge in [-0.15, -0.1) is 0 Å². The zero-order chi connectivity index (χ0) is 21.8. The van der Waals surface area contributed by atoms with Gasteiger partial charge in [-0.3, -0.25) is 20.6 Å². The number of fused-ring (bicyclic) bond motifs is 1. The molecule has 31 heavy (non-hydrogen) atoms. The molecule has 4 rings (SSSR count). The van der Waals surface area contributed by atoms with E-state index >= 15 is 0 Å². The number of nitrogens with two attached hydrogens (primary N) is 2. The molecule has 5 N–H and O–H groups in total. The molecule has 1 amide bonds. The van der Waals surface area contributed by atoms with Crippen molar-refractivity contribution in [1.82, 2.24) is 4.98 Å². The molecule has 0 radical (unpaired) electrons.